The van der Waals surface area contributed by atoms with E-state index in [4.69, 9.17) is 9.47 Å². The van der Waals surface area contributed by atoms with Crippen molar-refractivity contribution in [2.45, 2.75) is 275 Å². The Morgan fingerprint density at radius 1 is 0.400 bits per heavy atom. The van der Waals surface area contributed by atoms with Crippen LogP contribution in [0.3, 0.4) is 0 Å². The van der Waals surface area contributed by atoms with Gasteiger partial charge in [0, 0.05) is 0 Å². The number of allylic oxidation sites excluding steroid dienone is 2. The van der Waals surface area contributed by atoms with Crippen LogP contribution in [0.1, 0.15) is 290 Å². The van der Waals surface area contributed by atoms with Crippen LogP contribution in [-0.4, -0.2) is 38.1 Å². The predicted molar refractivity (Wildman–Crippen MR) is 269 cm³/mol. The second-order valence-corrected chi connectivity index (χ2v) is 20.1. The van der Waals surface area contributed by atoms with Gasteiger partial charge in [-0.15, -0.1) is 13.2 Å². The monoisotopic (exact) mass is 937 g/mol. The van der Waals surface area contributed by atoms with E-state index < -0.39 is 27.0 Å². The fraction of sp³-hybridized carbons (Fsp3) is 0.786. The van der Waals surface area contributed by atoms with Gasteiger partial charge in [0.1, 0.15) is 10.1 Å². The molecular formula is C56H97NaO7S. The average molecular weight is 937 g/mol. The van der Waals surface area contributed by atoms with Gasteiger partial charge in [-0.1, -0.05) is 243 Å². The van der Waals surface area contributed by atoms with Crippen molar-refractivity contribution >= 4 is 22.1 Å². The molecule has 0 saturated heterocycles. The topological polar surface area (TPSA) is 110 Å². The Bertz CT molecular complexity index is 1380. The fourth-order valence-corrected chi connectivity index (χ4v) is 9.15. The molecule has 7 nitrogen and oxygen atoms in total. The molecule has 65 heavy (non-hydrogen) atoms. The van der Waals surface area contributed by atoms with Gasteiger partial charge < -0.3 is 14.0 Å². The number of hydrogen-bond donors (Lipinski definition) is 0. The molecule has 0 aliphatic rings. The molecule has 9 heteroatoms. The number of benzene rings is 1. The zero-order valence-corrected chi connectivity index (χ0v) is 45.0. The van der Waals surface area contributed by atoms with Crippen LogP contribution in [0.5, 0.6) is 0 Å². The number of hydrogen-bond acceptors (Lipinski definition) is 7. The van der Waals surface area contributed by atoms with E-state index in [1.54, 1.807) is 0 Å². The maximum absolute atomic E-state index is 13.0. The van der Waals surface area contributed by atoms with Gasteiger partial charge in [-0.3, -0.25) is 0 Å². The van der Waals surface area contributed by atoms with Crippen molar-refractivity contribution in [3.8, 4) is 0 Å². The summed E-state index contributed by atoms with van der Waals surface area (Å²) in [4.78, 5) is 25.4. The van der Waals surface area contributed by atoms with Gasteiger partial charge >= 0.3 is 41.5 Å². The number of ether oxygens (including phenoxy) is 2. The molecule has 370 valence electrons. The van der Waals surface area contributed by atoms with Gasteiger partial charge in [-0.05, 0) is 56.7 Å². The average Bonchev–Trinajstić information content (AvgIpc) is 3.28. The normalized spacial score (nSPS) is 11.3. The number of rotatable bonds is 49. The van der Waals surface area contributed by atoms with Gasteiger partial charge in [-0.2, -0.15) is 0 Å². The number of esters is 2. The molecule has 0 saturated carbocycles. The molecule has 1 rings (SSSR count). The van der Waals surface area contributed by atoms with Crippen LogP contribution in [0.15, 0.2) is 48.4 Å². The van der Waals surface area contributed by atoms with Gasteiger partial charge in [0.2, 0.25) is 0 Å². The Kier molecular flexibility index (Phi) is 46.5. The molecule has 0 aliphatic carbocycles. The molecular weight excluding hydrogens is 840 g/mol. The molecule has 0 radical (unpaired) electrons. The van der Waals surface area contributed by atoms with Crippen molar-refractivity contribution in [3.05, 3.63) is 54.6 Å². The standard InChI is InChI=1S/C56H98O7S.Na/c1-3-5-7-9-11-13-15-17-19-21-23-25-27-29-31-33-35-37-39-41-43-45-49-62-55(57)53-48-47-52(64(59,60)61)51-54(53)56(58)63-50-46-44-42-40-38-36-34-32-30-28-26-24-22-20-18-16-14-12-10-8-6-4-2;/h3-4,47-48,51H,1-2,5-46,49-50H2,(H,59,60,61);/q;+1/p-1. The van der Waals surface area contributed by atoms with E-state index >= 15 is 0 Å². The van der Waals surface area contributed by atoms with E-state index in [0.717, 1.165) is 57.1 Å². The van der Waals surface area contributed by atoms with E-state index in [0.29, 0.717) is 12.8 Å². The van der Waals surface area contributed by atoms with Crippen molar-refractivity contribution < 1.29 is 61.6 Å². The third-order valence-electron chi connectivity index (χ3n) is 12.8. The van der Waals surface area contributed by atoms with Crippen molar-refractivity contribution in [3.63, 3.8) is 0 Å². The Labute approximate surface area is 423 Å². The molecule has 0 aromatic heterocycles. The molecule has 0 heterocycles. The Hall–Kier alpha value is -1.45. The van der Waals surface area contributed by atoms with E-state index in [1.165, 1.54) is 218 Å². The summed E-state index contributed by atoms with van der Waals surface area (Å²) in [6.45, 7) is 7.96. The van der Waals surface area contributed by atoms with Crippen LogP contribution in [0.2, 0.25) is 0 Å². The van der Waals surface area contributed by atoms with Gasteiger partial charge in [0.25, 0.3) is 0 Å². The third-order valence-corrected chi connectivity index (χ3v) is 13.6. The molecule has 0 atom stereocenters. The molecule has 1 aromatic carbocycles. The third kappa shape index (κ3) is 40.2. The van der Waals surface area contributed by atoms with E-state index in [-0.39, 0.29) is 53.9 Å². The number of carbonyl (C=O) groups excluding carboxylic acids is 2. The SMILES string of the molecule is C=CCCCCCCCCCCCCCCCCCCCCCCOC(=O)c1ccc(S(=O)(=O)[O-])cc1C(=O)OCCCCCCCCCCCCCCCCCCCCCCC=C.[Na+]. The van der Waals surface area contributed by atoms with E-state index in [1.807, 2.05) is 12.2 Å². The van der Waals surface area contributed by atoms with Crippen LogP contribution in [0.25, 0.3) is 0 Å². The summed E-state index contributed by atoms with van der Waals surface area (Å²) >= 11 is 0. The smallest absolute Gasteiger partial charge is 0.744 e. The largest absolute Gasteiger partial charge is 1.00 e. The summed E-state index contributed by atoms with van der Waals surface area (Å²) in [7, 11) is -4.82. The van der Waals surface area contributed by atoms with Crippen molar-refractivity contribution in [2.24, 2.45) is 0 Å². The molecule has 0 unspecified atom stereocenters. The minimum atomic E-state index is -4.82. The van der Waals surface area contributed by atoms with Crippen LogP contribution in [0, 0.1) is 0 Å². The van der Waals surface area contributed by atoms with Crippen LogP contribution in [-0.2, 0) is 19.6 Å². The maximum atomic E-state index is 13.0. The molecule has 0 bridgehead atoms. The summed E-state index contributed by atoms with van der Waals surface area (Å²) in [5.74, 6) is -1.54. The van der Waals surface area contributed by atoms with Crippen LogP contribution < -0.4 is 29.6 Å². The van der Waals surface area contributed by atoms with E-state index in [9.17, 15) is 22.6 Å². The van der Waals surface area contributed by atoms with Gasteiger partial charge in [-0.25, -0.2) is 18.0 Å². The minimum Gasteiger partial charge on any atom is -0.744 e. The minimum absolute atomic E-state index is 0. The number of carbonyl (C=O) groups is 2. The molecule has 0 spiro atoms. The number of unbranched alkanes of at least 4 members (excludes halogenated alkanes) is 40. The molecule has 1 aromatic rings. The predicted octanol–water partition coefficient (Wildman–Crippen LogP) is 14.7. The first-order valence-electron chi connectivity index (χ1n) is 27.0. The molecule has 0 N–H and O–H groups in total. The van der Waals surface area contributed by atoms with E-state index in [2.05, 4.69) is 13.2 Å². The quantitative estimate of drug-likeness (QED) is 0.0210. The maximum Gasteiger partial charge on any atom is 1.00 e. The first kappa shape index (κ1) is 63.5. The zero-order valence-electron chi connectivity index (χ0n) is 42.2. The van der Waals surface area contributed by atoms with Gasteiger partial charge in [0.05, 0.1) is 29.2 Å². The second-order valence-electron chi connectivity index (χ2n) is 18.7. The summed E-state index contributed by atoms with van der Waals surface area (Å²) in [6, 6.07) is 3.17. The second kappa shape index (κ2) is 47.6. The summed E-state index contributed by atoms with van der Waals surface area (Å²) in [5.41, 5.74) is -0.327. The molecule has 0 aliphatic heterocycles. The molecule has 0 amide bonds. The van der Waals surface area contributed by atoms with Crippen molar-refractivity contribution in [2.75, 3.05) is 13.2 Å². The summed E-state index contributed by atoms with van der Waals surface area (Å²) in [5, 5.41) is 0. The Balaban J connectivity index is 0.0000410. The van der Waals surface area contributed by atoms with Gasteiger partial charge in [0.15, 0.2) is 0 Å². The van der Waals surface area contributed by atoms with Crippen LogP contribution >= 0.6 is 0 Å². The van der Waals surface area contributed by atoms with Crippen LogP contribution in [0.4, 0.5) is 0 Å². The zero-order chi connectivity index (χ0) is 46.4. The Morgan fingerprint density at radius 3 is 0.877 bits per heavy atom. The first-order valence-corrected chi connectivity index (χ1v) is 28.4. The first-order chi connectivity index (χ1) is 31.3. The van der Waals surface area contributed by atoms with Crippen molar-refractivity contribution in [1.82, 2.24) is 0 Å². The summed E-state index contributed by atoms with van der Waals surface area (Å²) < 4.78 is 46.0. The fourth-order valence-electron chi connectivity index (χ4n) is 8.66. The van der Waals surface area contributed by atoms with Crippen molar-refractivity contribution in [1.29, 1.82) is 0 Å². The molecule has 0 fully saturated rings. The Morgan fingerprint density at radius 2 is 0.631 bits per heavy atom. The summed E-state index contributed by atoms with van der Waals surface area (Å²) in [6.07, 6.45) is 57.4.